The summed E-state index contributed by atoms with van der Waals surface area (Å²) in [6.45, 7) is 0. The van der Waals surface area contributed by atoms with E-state index in [1.807, 2.05) is 18.2 Å². The van der Waals surface area contributed by atoms with Gasteiger partial charge in [0.05, 0.1) is 17.0 Å². The lowest BCUT2D eigenvalue weighted by Crippen LogP contribution is -2.36. The normalized spacial score (nSPS) is 17.9. The van der Waals surface area contributed by atoms with Crippen molar-refractivity contribution < 1.29 is 4.79 Å². The van der Waals surface area contributed by atoms with Crippen LogP contribution in [0.25, 0.3) is 0 Å². The molecule has 14 heavy (non-hydrogen) atoms. The molecule has 2 rings (SSSR count). The minimum Gasteiger partial charge on any atom is -0.302 e. The molecule has 1 saturated carbocycles. The fourth-order valence-electron chi connectivity index (χ4n) is 2.02. The summed E-state index contributed by atoms with van der Waals surface area (Å²) in [6, 6.07) is 9.54. The first-order chi connectivity index (χ1) is 6.82. The van der Waals surface area contributed by atoms with E-state index in [2.05, 4.69) is 6.07 Å². The third-order valence-electron chi connectivity index (χ3n) is 3.06. The molecule has 1 fully saturated rings. The van der Waals surface area contributed by atoms with E-state index < -0.39 is 0 Å². The zero-order valence-corrected chi connectivity index (χ0v) is 7.86. The molecule has 0 aromatic heterocycles. The molecule has 0 atom stereocenters. The lowest BCUT2D eigenvalue weighted by atomic mass is 9.64. The van der Waals surface area contributed by atoms with Crippen LogP contribution in [0, 0.1) is 11.3 Å². The summed E-state index contributed by atoms with van der Waals surface area (Å²) in [5.74, 6) is 0. The van der Waals surface area contributed by atoms with Gasteiger partial charge < -0.3 is 4.79 Å². The van der Waals surface area contributed by atoms with Crippen molar-refractivity contribution >= 4 is 6.29 Å². The van der Waals surface area contributed by atoms with Gasteiger partial charge in [0.25, 0.3) is 0 Å². The van der Waals surface area contributed by atoms with Crippen LogP contribution < -0.4 is 0 Å². The third-order valence-corrected chi connectivity index (χ3v) is 3.06. The predicted molar refractivity (Wildman–Crippen MR) is 52.8 cm³/mol. The highest BCUT2D eigenvalue weighted by Gasteiger charge is 2.39. The lowest BCUT2D eigenvalue weighted by Gasteiger charge is -2.37. The second-order valence-corrected chi connectivity index (χ2v) is 3.78. The Balaban J connectivity index is 2.50. The van der Waals surface area contributed by atoms with Gasteiger partial charge in [-0.3, -0.25) is 0 Å². The Kier molecular flexibility index (Phi) is 2.09. The van der Waals surface area contributed by atoms with Crippen LogP contribution in [-0.4, -0.2) is 6.29 Å². The Bertz CT molecular complexity index is 399. The first kappa shape index (κ1) is 8.96. The molecule has 0 spiro atoms. The number of benzene rings is 1. The molecule has 1 aromatic rings. The van der Waals surface area contributed by atoms with Crippen LogP contribution in [0.5, 0.6) is 0 Å². The summed E-state index contributed by atoms with van der Waals surface area (Å²) in [5, 5.41) is 8.93. The second-order valence-electron chi connectivity index (χ2n) is 3.78. The van der Waals surface area contributed by atoms with E-state index in [0.29, 0.717) is 5.56 Å². The smallest absolute Gasteiger partial charge is 0.130 e. The van der Waals surface area contributed by atoms with Gasteiger partial charge in [-0.05, 0) is 24.5 Å². The summed E-state index contributed by atoms with van der Waals surface area (Å²) < 4.78 is 0. The van der Waals surface area contributed by atoms with E-state index in [0.717, 1.165) is 31.1 Å². The van der Waals surface area contributed by atoms with E-state index in [1.54, 1.807) is 6.07 Å². The summed E-state index contributed by atoms with van der Waals surface area (Å²) in [4.78, 5) is 11.1. The molecular weight excluding hydrogens is 174 g/mol. The van der Waals surface area contributed by atoms with Crippen LogP contribution in [0.3, 0.4) is 0 Å². The molecule has 70 valence electrons. The first-order valence-corrected chi connectivity index (χ1v) is 4.78. The lowest BCUT2D eigenvalue weighted by molar-refractivity contribution is -0.115. The number of nitriles is 1. The number of aldehydes is 1. The van der Waals surface area contributed by atoms with Gasteiger partial charge in [-0.15, -0.1) is 0 Å². The molecule has 0 radical (unpaired) electrons. The fourth-order valence-corrected chi connectivity index (χ4v) is 2.02. The van der Waals surface area contributed by atoms with Gasteiger partial charge in [0.1, 0.15) is 6.29 Å². The standard InChI is InChI=1S/C12H11NO/c13-8-10-4-1-2-5-11(10)12(9-14)6-3-7-12/h1-2,4-5,9H,3,6-7H2. The van der Waals surface area contributed by atoms with Crippen molar-refractivity contribution in [2.24, 2.45) is 0 Å². The average Bonchev–Trinajstić information content (AvgIpc) is 2.18. The maximum absolute atomic E-state index is 11.1. The summed E-state index contributed by atoms with van der Waals surface area (Å²) in [5.41, 5.74) is 1.19. The minimum atomic E-state index is -0.355. The molecule has 0 unspecified atom stereocenters. The van der Waals surface area contributed by atoms with Crippen LogP contribution in [0.2, 0.25) is 0 Å². The largest absolute Gasteiger partial charge is 0.302 e. The maximum atomic E-state index is 11.1. The van der Waals surface area contributed by atoms with Crippen molar-refractivity contribution in [1.82, 2.24) is 0 Å². The van der Waals surface area contributed by atoms with Gasteiger partial charge in [-0.1, -0.05) is 24.6 Å². The molecular formula is C12H11NO. The SMILES string of the molecule is N#Cc1ccccc1C1(C=O)CCC1. The van der Waals surface area contributed by atoms with Gasteiger partial charge >= 0.3 is 0 Å². The van der Waals surface area contributed by atoms with E-state index in [1.165, 1.54) is 0 Å². The first-order valence-electron chi connectivity index (χ1n) is 4.78. The van der Waals surface area contributed by atoms with Crippen molar-refractivity contribution in [3.63, 3.8) is 0 Å². The van der Waals surface area contributed by atoms with Crippen molar-refractivity contribution in [2.75, 3.05) is 0 Å². The quantitative estimate of drug-likeness (QED) is 0.662. The highest BCUT2D eigenvalue weighted by molar-refractivity contribution is 5.72. The number of rotatable bonds is 2. The van der Waals surface area contributed by atoms with E-state index in [-0.39, 0.29) is 5.41 Å². The highest BCUT2D eigenvalue weighted by Crippen LogP contribution is 2.42. The van der Waals surface area contributed by atoms with Crippen LogP contribution in [-0.2, 0) is 10.2 Å². The molecule has 0 aliphatic heterocycles. The van der Waals surface area contributed by atoms with Gasteiger partial charge in [-0.2, -0.15) is 5.26 Å². The molecule has 0 heterocycles. The Morgan fingerprint density at radius 2 is 2.07 bits per heavy atom. The average molecular weight is 185 g/mol. The van der Waals surface area contributed by atoms with Gasteiger partial charge in [0, 0.05) is 0 Å². The van der Waals surface area contributed by atoms with Crippen molar-refractivity contribution in [3.05, 3.63) is 35.4 Å². The van der Waals surface area contributed by atoms with Crippen LogP contribution >= 0.6 is 0 Å². The Morgan fingerprint density at radius 3 is 2.57 bits per heavy atom. The van der Waals surface area contributed by atoms with E-state index in [9.17, 15) is 4.79 Å². The van der Waals surface area contributed by atoms with Gasteiger partial charge in [0.2, 0.25) is 0 Å². The third kappa shape index (κ3) is 1.13. The predicted octanol–water partition coefficient (Wildman–Crippen LogP) is 2.18. The van der Waals surface area contributed by atoms with Crippen LogP contribution in [0.15, 0.2) is 24.3 Å². The molecule has 0 N–H and O–H groups in total. The molecule has 2 heteroatoms. The van der Waals surface area contributed by atoms with Crippen molar-refractivity contribution in [3.8, 4) is 6.07 Å². The zero-order chi connectivity index (χ0) is 10.0. The topological polar surface area (TPSA) is 40.9 Å². The Labute approximate surface area is 83.2 Å². The number of carbonyl (C=O) groups excluding carboxylic acids is 1. The number of carbonyl (C=O) groups is 1. The number of hydrogen-bond acceptors (Lipinski definition) is 2. The fraction of sp³-hybridized carbons (Fsp3) is 0.333. The molecule has 0 saturated heterocycles. The maximum Gasteiger partial charge on any atom is 0.130 e. The van der Waals surface area contributed by atoms with Crippen LogP contribution in [0.4, 0.5) is 0 Å². The monoisotopic (exact) mass is 185 g/mol. The van der Waals surface area contributed by atoms with E-state index >= 15 is 0 Å². The Hall–Kier alpha value is -1.62. The summed E-state index contributed by atoms with van der Waals surface area (Å²) in [6.07, 6.45) is 3.86. The molecule has 0 bridgehead atoms. The molecule has 1 aromatic carbocycles. The van der Waals surface area contributed by atoms with Crippen molar-refractivity contribution in [2.45, 2.75) is 24.7 Å². The highest BCUT2D eigenvalue weighted by atomic mass is 16.1. The second kappa shape index (κ2) is 3.26. The number of nitrogens with zero attached hydrogens (tertiary/aromatic N) is 1. The zero-order valence-electron chi connectivity index (χ0n) is 7.86. The molecule has 1 aliphatic rings. The summed E-state index contributed by atoms with van der Waals surface area (Å²) in [7, 11) is 0. The van der Waals surface area contributed by atoms with Gasteiger partial charge in [-0.25, -0.2) is 0 Å². The Morgan fingerprint density at radius 1 is 1.36 bits per heavy atom. The summed E-state index contributed by atoms with van der Waals surface area (Å²) >= 11 is 0. The van der Waals surface area contributed by atoms with Gasteiger partial charge in [0.15, 0.2) is 0 Å². The molecule has 1 aliphatic carbocycles. The van der Waals surface area contributed by atoms with Crippen molar-refractivity contribution in [1.29, 1.82) is 5.26 Å². The molecule has 2 nitrogen and oxygen atoms in total. The van der Waals surface area contributed by atoms with E-state index in [4.69, 9.17) is 5.26 Å². The van der Waals surface area contributed by atoms with Crippen LogP contribution in [0.1, 0.15) is 30.4 Å². The number of hydrogen-bond donors (Lipinski definition) is 0. The minimum absolute atomic E-state index is 0.355. The molecule has 0 amide bonds.